The molecule has 5 nitrogen and oxygen atoms in total. The van der Waals surface area contributed by atoms with Crippen molar-refractivity contribution in [3.63, 3.8) is 0 Å². The summed E-state index contributed by atoms with van der Waals surface area (Å²) in [7, 11) is 0. The van der Waals surface area contributed by atoms with Crippen LogP contribution in [0.2, 0.25) is 0 Å². The van der Waals surface area contributed by atoms with Crippen LogP contribution in [0.5, 0.6) is 0 Å². The first-order chi connectivity index (χ1) is 10.3. The molecule has 6 heteroatoms. The van der Waals surface area contributed by atoms with Gasteiger partial charge in [-0.2, -0.15) is 0 Å². The zero-order valence-electron chi connectivity index (χ0n) is 12.5. The molecule has 2 N–H and O–H groups in total. The maximum atomic E-state index is 12.6. The molecule has 2 fully saturated rings. The lowest BCUT2D eigenvalue weighted by atomic mass is 10.1. The van der Waals surface area contributed by atoms with E-state index < -0.39 is 0 Å². The maximum Gasteiger partial charge on any atom is 0.273 e. The lowest BCUT2D eigenvalue weighted by Crippen LogP contribution is -2.44. The number of hydrogen-bond donors (Lipinski definition) is 1. The van der Waals surface area contributed by atoms with Crippen molar-refractivity contribution >= 4 is 17.2 Å². The first kappa shape index (κ1) is 14.9. The van der Waals surface area contributed by atoms with Gasteiger partial charge in [0.2, 0.25) is 0 Å². The summed E-state index contributed by atoms with van der Waals surface area (Å²) < 4.78 is 0. The van der Waals surface area contributed by atoms with E-state index in [0.29, 0.717) is 18.3 Å². The highest BCUT2D eigenvalue weighted by molar-refractivity contribution is 7.09. The molecule has 2 saturated heterocycles. The van der Waals surface area contributed by atoms with Gasteiger partial charge in [-0.25, -0.2) is 4.98 Å². The number of aromatic nitrogens is 1. The molecule has 21 heavy (non-hydrogen) atoms. The van der Waals surface area contributed by atoms with Gasteiger partial charge >= 0.3 is 0 Å². The van der Waals surface area contributed by atoms with Crippen LogP contribution in [-0.2, 0) is 6.54 Å². The topological polar surface area (TPSA) is 62.5 Å². The van der Waals surface area contributed by atoms with E-state index in [-0.39, 0.29) is 5.91 Å². The van der Waals surface area contributed by atoms with Crippen molar-refractivity contribution < 1.29 is 4.79 Å². The van der Waals surface area contributed by atoms with Crippen LogP contribution in [0.25, 0.3) is 0 Å². The van der Waals surface area contributed by atoms with Gasteiger partial charge in [-0.05, 0) is 38.8 Å². The molecule has 0 saturated carbocycles. The van der Waals surface area contributed by atoms with Crippen LogP contribution in [-0.4, -0.2) is 52.9 Å². The number of rotatable bonds is 4. The first-order valence-electron chi connectivity index (χ1n) is 7.95. The summed E-state index contributed by atoms with van der Waals surface area (Å²) in [6.45, 7) is 4.68. The van der Waals surface area contributed by atoms with Crippen LogP contribution in [0.1, 0.15) is 47.6 Å². The molecule has 0 radical (unpaired) electrons. The molecule has 0 spiro atoms. The Hall–Kier alpha value is -0.980. The van der Waals surface area contributed by atoms with E-state index in [4.69, 9.17) is 5.73 Å². The van der Waals surface area contributed by atoms with Crippen LogP contribution < -0.4 is 5.73 Å². The number of nitrogens with two attached hydrogens (primary N) is 1. The quantitative estimate of drug-likeness (QED) is 0.919. The summed E-state index contributed by atoms with van der Waals surface area (Å²) in [5.74, 6) is 0.0884. The number of piperidine rings is 1. The zero-order valence-corrected chi connectivity index (χ0v) is 13.3. The largest absolute Gasteiger partial charge is 0.333 e. The van der Waals surface area contributed by atoms with Gasteiger partial charge in [-0.15, -0.1) is 11.3 Å². The van der Waals surface area contributed by atoms with Crippen molar-refractivity contribution in [3.05, 3.63) is 16.1 Å². The van der Waals surface area contributed by atoms with E-state index in [1.165, 1.54) is 43.7 Å². The summed E-state index contributed by atoms with van der Waals surface area (Å²) in [5, 5.41) is 2.69. The molecule has 1 atom stereocenters. The number of carbonyl (C=O) groups is 1. The Morgan fingerprint density at radius 3 is 2.81 bits per heavy atom. The second-order valence-electron chi connectivity index (χ2n) is 5.99. The standard InChI is InChI=1S/C15H24N4OS/c16-9-14-17-13(11-21-14)15(20)19-8-4-5-12(19)10-18-6-2-1-3-7-18/h11-12H,1-10,16H2. The fourth-order valence-corrected chi connectivity index (χ4v) is 4.03. The summed E-state index contributed by atoms with van der Waals surface area (Å²) in [4.78, 5) is 21.5. The van der Waals surface area contributed by atoms with Crippen molar-refractivity contribution in [1.82, 2.24) is 14.8 Å². The van der Waals surface area contributed by atoms with Crippen molar-refractivity contribution in [2.24, 2.45) is 5.73 Å². The highest BCUT2D eigenvalue weighted by Crippen LogP contribution is 2.23. The Morgan fingerprint density at radius 2 is 2.10 bits per heavy atom. The number of thiazole rings is 1. The van der Waals surface area contributed by atoms with Crippen LogP contribution >= 0.6 is 11.3 Å². The fourth-order valence-electron chi connectivity index (χ4n) is 3.38. The average Bonchev–Trinajstić information content (AvgIpc) is 3.16. The monoisotopic (exact) mass is 308 g/mol. The number of nitrogens with zero attached hydrogens (tertiary/aromatic N) is 3. The molecule has 1 aromatic heterocycles. The summed E-state index contributed by atoms with van der Waals surface area (Å²) in [5.41, 5.74) is 6.16. The number of carbonyl (C=O) groups excluding carboxylic acids is 1. The number of hydrogen-bond acceptors (Lipinski definition) is 5. The van der Waals surface area contributed by atoms with E-state index in [1.54, 1.807) is 0 Å². The van der Waals surface area contributed by atoms with Gasteiger partial charge in [0.1, 0.15) is 10.7 Å². The third kappa shape index (κ3) is 3.44. The smallest absolute Gasteiger partial charge is 0.273 e. The van der Waals surface area contributed by atoms with Gasteiger partial charge in [0, 0.05) is 31.1 Å². The van der Waals surface area contributed by atoms with Crippen LogP contribution in [0, 0.1) is 0 Å². The van der Waals surface area contributed by atoms with Crippen LogP contribution in [0.15, 0.2) is 5.38 Å². The van der Waals surface area contributed by atoms with E-state index in [0.717, 1.165) is 30.9 Å². The first-order valence-corrected chi connectivity index (χ1v) is 8.83. The Balaban J connectivity index is 1.63. The van der Waals surface area contributed by atoms with Crippen molar-refractivity contribution in [2.45, 2.75) is 44.7 Å². The highest BCUT2D eigenvalue weighted by Gasteiger charge is 2.32. The lowest BCUT2D eigenvalue weighted by Gasteiger charge is -2.32. The molecule has 1 amide bonds. The molecule has 116 valence electrons. The van der Waals surface area contributed by atoms with E-state index in [2.05, 4.69) is 9.88 Å². The number of amides is 1. The lowest BCUT2D eigenvalue weighted by molar-refractivity contribution is 0.0685. The minimum atomic E-state index is 0.0884. The molecular weight excluding hydrogens is 284 g/mol. The third-order valence-corrected chi connectivity index (χ3v) is 5.37. The molecule has 0 aliphatic carbocycles. The van der Waals surface area contributed by atoms with Crippen molar-refractivity contribution in [3.8, 4) is 0 Å². The van der Waals surface area contributed by atoms with E-state index in [1.807, 2.05) is 10.3 Å². The summed E-state index contributed by atoms with van der Waals surface area (Å²) in [6.07, 6.45) is 6.18. The van der Waals surface area contributed by atoms with Gasteiger partial charge in [0.25, 0.3) is 5.91 Å². The molecule has 0 aromatic carbocycles. The Labute approximate surface area is 130 Å². The summed E-state index contributed by atoms with van der Waals surface area (Å²) in [6, 6.07) is 0.360. The van der Waals surface area contributed by atoms with Crippen molar-refractivity contribution in [1.29, 1.82) is 0 Å². The van der Waals surface area contributed by atoms with Gasteiger partial charge in [-0.1, -0.05) is 6.42 Å². The van der Waals surface area contributed by atoms with Gasteiger partial charge in [0.15, 0.2) is 0 Å². The minimum absolute atomic E-state index is 0.0884. The molecule has 2 aliphatic rings. The second kappa shape index (κ2) is 6.85. The van der Waals surface area contributed by atoms with Gasteiger partial charge < -0.3 is 15.5 Å². The predicted molar refractivity (Wildman–Crippen MR) is 84.4 cm³/mol. The van der Waals surface area contributed by atoms with Crippen LogP contribution in [0.3, 0.4) is 0 Å². The molecule has 2 aliphatic heterocycles. The molecule has 3 rings (SSSR count). The van der Waals surface area contributed by atoms with Crippen LogP contribution in [0.4, 0.5) is 0 Å². The predicted octanol–water partition coefficient (Wildman–Crippen LogP) is 1.69. The Morgan fingerprint density at radius 1 is 1.29 bits per heavy atom. The molecular formula is C15H24N4OS. The van der Waals surface area contributed by atoms with Crippen molar-refractivity contribution in [2.75, 3.05) is 26.2 Å². The highest BCUT2D eigenvalue weighted by atomic mass is 32.1. The SMILES string of the molecule is NCc1nc(C(=O)N2CCCC2CN2CCCCC2)cs1. The maximum absolute atomic E-state index is 12.6. The molecule has 1 aromatic rings. The fraction of sp³-hybridized carbons (Fsp3) is 0.733. The Bertz CT molecular complexity index is 484. The molecule has 0 bridgehead atoms. The van der Waals surface area contributed by atoms with Gasteiger partial charge in [-0.3, -0.25) is 4.79 Å². The van der Waals surface area contributed by atoms with Gasteiger partial charge in [0.05, 0.1) is 0 Å². The van der Waals surface area contributed by atoms with E-state index in [9.17, 15) is 4.79 Å². The molecule has 1 unspecified atom stereocenters. The number of likely N-dealkylation sites (tertiary alicyclic amines) is 2. The normalized spacial score (nSPS) is 23.7. The van der Waals surface area contributed by atoms with E-state index >= 15 is 0 Å². The molecule has 3 heterocycles. The average molecular weight is 308 g/mol. The zero-order chi connectivity index (χ0) is 14.7. The summed E-state index contributed by atoms with van der Waals surface area (Å²) >= 11 is 1.48. The minimum Gasteiger partial charge on any atom is -0.333 e. The Kier molecular flexibility index (Phi) is 4.87. The third-order valence-electron chi connectivity index (χ3n) is 4.50. The second-order valence-corrected chi connectivity index (χ2v) is 6.93.